The quantitative estimate of drug-likeness (QED) is 0.826. The lowest BCUT2D eigenvalue weighted by Gasteiger charge is -2.09. The molecule has 1 aromatic carbocycles. The predicted molar refractivity (Wildman–Crippen MR) is 73.4 cm³/mol. The zero-order chi connectivity index (χ0) is 14.6. The second-order valence-corrected chi connectivity index (χ2v) is 6.00. The van der Waals surface area contributed by atoms with Crippen LogP contribution < -0.4 is 4.72 Å². The van der Waals surface area contributed by atoms with Gasteiger partial charge in [-0.15, -0.1) is 0 Å². The maximum atomic E-state index is 13.0. The van der Waals surface area contributed by atoms with Crippen LogP contribution in [0.25, 0.3) is 0 Å². The molecule has 0 unspecified atom stereocenters. The molecular formula is C13H13FN2O3S. The minimum atomic E-state index is -3.69. The van der Waals surface area contributed by atoms with Gasteiger partial charge < -0.3 is 5.11 Å². The lowest BCUT2D eigenvalue weighted by Crippen LogP contribution is -2.18. The topological polar surface area (TPSA) is 79.3 Å². The first kappa shape index (κ1) is 14.3. The molecule has 5 nitrogen and oxygen atoms in total. The third-order valence-electron chi connectivity index (χ3n) is 2.58. The molecule has 0 aliphatic heterocycles. The predicted octanol–water partition coefficient (Wildman–Crippen LogP) is 1.91. The number of phenols is 1. The van der Waals surface area contributed by atoms with Crippen molar-refractivity contribution >= 4 is 15.7 Å². The fourth-order valence-corrected chi connectivity index (χ4v) is 2.67. The molecule has 0 saturated heterocycles. The number of aryl methyl sites for hydroxylation is 1. The van der Waals surface area contributed by atoms with Crippen LogP contribution in [-0.2, 0) is 16.4 Å². The van der Waals surface area contributed by atoms with Crippen LogP contribution in [0.15, 0.2) is 42.6 Å². The van der Waals surface area contributed by atoms with Crippen molar-refractivity contribution in [2.24, 2.45) is 0 Å². The Kier molecular flexibility index (Phi) is 4.19. The Morgan fingerprint density at radius 1 is 1.25 bits per heavy atom. The van der Waals surface area contributed by atoms with Crippen molar-refractivity contribution in [2.75, 3.05) is 10.5 Å². The molecule has 0 aliphatic carbocycles. The molecule has 106 valence electrons. The lowest BCUT2D eigenvalue weighted by atomic mass is 10.3. The monoisotopic (exact) mass is 296 g/mol. The summed E-state index contributed by atoms with van der Waals surface area (Å²) in [5, 5.41) is 9.48. The van der Waals surface area contributed by atoms with Gasteiger partial charge in [-0.25, -0.2) is 12.8 Å². The van der Waals surface area contributed by atoms with E-state index >= 15 is 0 Å². The highest BCUT2D eigenvalue weighted by Crippen LogP contribution is 2.24. The molecule has 0 aliphatic rings. The molecular weight excluding hydrogens is 283 g/mol. The molecule has 0 bridgehead atoms. The Labute approximate surface area is 116 Å². The number of halogens is 1. The second-order valence-electron chi connectivity index (χ2n) is 4.15. The number of phenolic OH excluding ortho intramolecular Hbond substituents is 1. The Morgan fingerprint density at radius 3 is 2.75 bits per heavy atom. The highest BCUT2D eigenvalue weighted by molar-refractivity contribution is 7.92. The number of hydrogen-bond acceptors (Lipinski definition) is 4. The van der Waals surface area contributed by atoms with Gasteiger partial charge in [0, 0.05) is 24.4 Å². The summed E-state index contributed by atoms with van der Waals surface area (Å²) in [6.45, 7) is 0. The number of sulfonamides is 1. The summed E-state index contributed by atoms with van der Waals surface area (Å²) in [5.41, 5.74) is 0.465. The first-order valence-electron chi connectivity index (χ1n) is 5.85. The third kappa shape index (κ3) is 3.92. The zero-order valence-electron chi connectivity index (χ0n) is 10.5. The Hall–Kier alpha value is -2.15. The molecule has 0 spiro atoms. The maximum absolute atomic E-state index is 13.0. The molecule has 0 amide bonds. The average Bonchev–Trinajstić information content (AvgIpc) is 2.42. The summed E-state index contributed by atoms with van der Waals surface area (Å²) < 4.78 is 38.9. The molecule has 2 N–H and O–H groups in total. The SMILES string of the molecule is O=S(=O)(CCc1ccccn1)Nc1cc(F)ccc1O. The molecule has 0 atom stereocenters. The zero-order valence-corrected chi connectivity index (χ0v) is 11.3. The summed E-state index contributed by atoms with van der Waals surface area (Å²) in [6, 6.07) is 8.28. The summed E-state index contributed by atoms with van der Waals surface area (Å²) in [5.74, 6) is -1.17. The van der Waals surface area contributed by atoms with Crippen LogP contribution in [0, 0.1) is 5.82 Å². The van der Waals surface area contributed by atoms with Crippen LogP contribution in [0.4, 0.5) is 10.1 Å². The van der Waals surface area contributed by atoms with E-state index in [9.17, 15) is 17.9 Å². The van der Waals surface area contributed by atoms with Gasteiger partial charge in [-0.2, -0.15) is 0 Å². The van der Waals surface area contributed by atoms with E-state index in [1.54, 1.807) is 24.4 Å². The van der Waals surface area contributed by atoms with Crippen molar-refractivity contribution in [2.45, 2.75) is 6.42 Å². The third-order valence-corrected chi connectivity index (χ3v) is 3.85. The summed E-state index contributed by atoms with van der Waals surface area (Å²) in [4.78, 5) is 4.02. The fraction of sp³-hybridized carbons (Fsp3) is 0.154. The number of aromatic nitrogens is 1. The number of anilines is 1. The number of pyridine rings is 1. The lowest BCUT2D eigenvalue weighted by molar-refractivity contribution is 0.475. The van der Waals surface area contributed by atoms with Crippen molar-refractivity contribution in [3.63, 3.8) is 0 Å². The highest BCUT2D eigenvalue weighted by Gasteiger charge is 2.14. The van der Waals surface area contributed by atoms with E-state index in [2.05, 4.69) is 9.71 Å². The van der Waals surface area contributed by atoms with E-state index in [4.69, 9.17) is 0 Å². The van der Waals surface area contributed by atoms with Gasteiger partial charge in [0.25, 0.3) is 0 Å². The summed E-state index contributed by atoms with van der Waals surface area (Å²) >= 11 is 0. The molecule has 20 heavy (non-hydrogen) atoms. The molecule has 0 saturated carbocycles. The number of rotatable bonds is 5. The Morgan fingerprint density at radius 2 is 2.05 bits per heavy atom. The van der Waals surface area contributed by atoms with Crippen LogP contribution in [0.2, 0.25) is 0 Å². The van der Waals surface area contributed by atoms with Crippen LogP contribution >= 0.6 is 0 Å². The Balaban J connectivity index is 2.06. The fourth-order valence-electron chi connectivity index (χ4n) is 1.59. The van der Waals surface area contributed by atoms with Crippen LogP contribution in [0.3, 0.4) is 0 Å². The molecule has 2 aromatic rings. The molecule has 2 rings (SSSR count). The molecule has 7 heteroatoms. The second kappa shape index (κ2) is 5.87. The van der Waals surface area contributed by atoms with Crippen LogP contribution in [-0.4, -0.2) is 24.3 Å². The van der Waals surface area contributed by atoms with Crippen molar-refractivity contribution in [3.05, 3.63) is 54.1 Å². The summed E-state index contributed by atoms with van der Waals surface area (Å²) in [6.07, 6.45) is 1.81. The smallest absolute Gasteiger partial charge is 0.233 e. The van der Waals surface area contributed by atoms with Gasteiger partial charge in [-0.05, 0) is 24.3 Å². The van der Waals surface area contributed by atoms with E-state index in [-0.39, 0.29) is 23.6 Å². The molecule has 0 radical (unpaired) electrons. The van der Waals surface area contributed by atoms with Gasteiger partial charge in [0.15, 0.2) is 0 Å². The highest BCUT2D eigenvalue weighted by atomic mass is 32.2. The maximum Gasteiger partial charge on any atom is 0.233 e. The van der Waals surface area contributed by atoms with Crippen LogP contribution in [0.1, 0.15) is 5.69 Å². The Bertz CT molecular complexity index is 690. The van der Waals surface area contributed by atoms with E-state index in [0.29, 0.717) is 5.69 Å². The van der Waals surface area contributed by atoms with Crippen molar-refractivity contribution in [1.82, 2.24) is 4.98 Å². The summed E-state index contributed by atoms with van der Waals surface area (Å²) in [7, 11) is -3.69. The minimum absolute atomic E-state index is 0.175. The van der Waals surface area contributed by atoms with E-state index in [0.717, 1.165) is 18.2 Å². The minimum Gasteiger partial charge on any atom is -0.506 e. The van der Waals surface area contributed by atoms with Gasteiger partial charge in [0.2, 0.25) is 10.0 Å². The van der Waals surface area contributed by atoms with Crippen molar-refractivity contribution in [1.29, 1.82) is 0 Å². The van der Waals surface area contributed by atoms with Crippen LogP contribution in [0.5, 0.6) is 5.75 Å². The average molecular weight is 296 g/mol. The first-order valence-corrected chi connectivity index (χ1v) is 7.50. The van der Waals surface area contributed by atoms with Gasteiger partial charge in [-0.1, -0.05) is 6.07 Å². The molecule has 1 aromatic heterocycles. The number of nitrogens with one attached hydrogen (secondary N) is 1. The molecule has 1 heterocycles. The number of benzene rings is 1. The van der Waals surface area contributed by atoms with Gasteiger partial charge in [0.1, 0.15) is 11.6 Å². The van der Waals surface area contributed by atoms with E-state index in [1.165, 1.54) is 0 Å². The standard InChI is InChI=1S/C13H13FN2O3S/c14-10-4-5-13(17)12(9-10)16-20(18,19)8-6-11-3-1-2-7-15-11/h1-5,7,9,16-17H,6,8H2. The van der Waals surface area contributed by atoms with Crippen molar-refractivity contribution in [3.8, 4) is 5.75 Å². The number of nitrogens with zero attached hydrogens (tertiary/aromatic N) is 1. The van der Waals surface area contributed by atoms with Gasteiger partial charge >= 0.3 is 0 Å². The van der Waals surface area contributed by atoms with E-state index in [1.807, 2.05) is 0 Å². The van der Waals surface area contributed by atoms with Gasteiger partial charge in [0.05, 0.1) is 11.4 Å². The molecule has 0 fully saturated rings. The van der Waals surface area contributed by atoms with Crippen molar-refractivity contribution < 1.29 is 17.9 Å². The number of aromatic hydroxyl groups is 1. The normalized spacial score (nSPS) is 11.2. The number of hydrogen-bond donors (Lipinski definition) is 2. The van der Waals surface area contributed by atoms with E-state index < -0.39 is 15.8 Å². The van der Waals surface area contributed by atoms with Gasteiger partial charge in [-0.3, -0.25) is 9.71 Å². The largest absolute Gasteiger partial charge is 0.506 e. The first-order chi connectivity index (χ1) is 9.46.